The lowest BCUT2D eigenvalue weighted by atomic mass is 10.2. The Balaban J connectivity index is 2.72. The summed E-state index contributed by atoms with van der Waals surface area (Å²) in [7, 11) is 1.79. The number of thioether (sulfide) groups is 1. The molecule has 0 spiro atoms. The average Bonchev–Trinajstić information content (AvgIpc) is 2.29. The second-order valence-electron chi connectivity index (χ2n) is 3.50. The van der Waals surface area contributed by atoms with E-state index in [0.29, 0.717) is 5.56 Å². The van der Waals surface area contributed by atoms with Crippen LogP contribution in [0.3, 0.4) is 0 Å². The van der Waals surface area contributed by atoms with Crippen molar-refractivity contribution < 1.29 is 4.79 Å². The van der Waals surface area contributed by atoms with Gasteiger partial charge in [-0.3, -0.25) is 9.78 Å². The summed E-state index contributed by atoms with van der Waals surface area (Å²) >= 11 is 1.71. The van der Waals surface area contributed by atoms with Crippen molar-refractivity contribution >= 4 is 23.4 Å². The second kappa shape index (κ2) is 6.37. The van der Waals surface area contributed by atoms with Crippen LogP contribution in [0.15, 0.2) is 18.5 Å². The van der Waals surface area contributed by atoms with Gasteiger partial charge >= 0.3 is 0 Å². The predicted octanol–water partition coefficient (Wildman–Crippen LogP) is 1.60. The summed E-state index contributed by atoms with van der Waals surface area (Å²) in [5.74, 6) is 0.819. The molecule has 0 aliphatic heterocycles. The Kier molecular flexibility index (Phi) is 5.11. The van der Waals surface area contributed by atoms with Gasteiger partial charge in [-0.15, -0.1) is 0 Å². The number of hydrogen-bond donors (Lipinski definition) is 2. The monoisotopic (exact) mass is 239 g/mol. The maximum atomic E-state index is 11.9. The highest BCUT2D eigenvalue weighted by atomic mass is 32.2. The highest BCUT2D eigenvalue weighted by Gasteiger charge is 2.12. The molecule has 1 heterocycles. The molecule has 0 radical (unpaired) electrons. The molecule has 4 nitrogen and oxygen atoms in total. The minimum absolute atomic E-state index is 0.0843. The van der Waals surface area contributed by atoms with E-state index in [1.807, 2.05) is 13.2 Å². The maximum absolute atomic E-state index is 11.9. The fourth-order valence-corrected chi connectivity index (χ4v) is 1.97. The average molecular weight is 239 g/mol. The Bertz CT molecular complexity index is 357. The number of anilines is 1. The molecule has 1 unspecified atom stereocenters. The summed E-state index contributed by atoms with van der Waals surface area (Å²) in [6, 6.07) is 1.95. The number of amides is 1. The Morgan fingerprint density at radius 3 is 3.00 bits per heavy atom. The topological polar surface area (TPSA) is 54.0 Å². The molecule has 0 aromatic carbocycles. The summed E-state index contributed by atoms with van der Waals surface area (Å²) in [4.78, 5) is 15.9. The highest BCUT2D eigenvalue weighted by molar-refractivity contribution is 7.98. The molecule has 0 fully saturated rings. The number of nitrogens with one attached hydrogen (secondary N) is 2. The first-order valence-corrected chi connectivity index (χ1v) is 6.50. The van der Waals surface area contributed by atoms with Gasteiger partial charge in [0, 0.05) is 36.9 Å². The van der Waals surface area contributed by atoms with Gasteiger partial charge in [0.1, 0.15) is 0 Å². The number of rotatable bonds is 5. The Hall–Kier alpha value is -1.23. The van der Waals surface area contributed by atoms with E-state index in [0.717, 1.165) is 11.4 Å². The molecule has 16 heavy (non-hydrogen) atoms. The standard InChI is InChI=1S/C11H17N3OS/c1-8(7-16-3)14-11(15)9-6-13-5-4-10(9)12-2/h4-6,8H,7H2,1-3H3,(H,12,13)(H,14,15). The number of hydrogen-bond acceptors (Lipinski definition) is 4. The normalized spacial score (nSPS) is 11.9. The highest BCUT2D eigenvalue weighted by Crippen LogP contribution is 2.12. The third-order valence-corrected chi connectivity index (χ3v) is 2.96. The van der Waals surface area contributed by atoms with Crippen molar-refractivity contribution in [1.29, 1.82) is 0 Å². The Morgan fingerprint density at radius 1 is 1.62 bits per heavy atom. The van der Waals surface area contributed by atoms with E-state index in [-0.39, 0.29) is 11.9 Å². The molecule has 1 rings (SSSR count). The summed E-state index contributed by atoms with van der Waals surface area (Å²) in [6.45, 7) is 1.99. The smallest absolute Gasteiger partial charge is 0.255 e. The van der Waals surface area contributed by atoms with E-state index in [1.54, 1.807) is 37.3 Å². The van der Waals surface area contributed by atoms with Gasteiger partial charge in [0.25, 0.3) is 5.91 Å². The molecule has 2 N–H and O–H groups in total. The van der Waals surface area contributed by atoms with Crippen LogP contribution in [0.4, 0.5) is 5.69 Å². The first-order chi connectivity index (χ1) is 7.69. The number of carbonyl (C=O) groups excluding carboxylic acids is 1. The van der Waals surface area contributed by atoms with Gasteiger partial charge in [0.15, 0.2) is 0 Å². The third kappa shape index (κ3) is 3.41. The van der Waals surface area contributed by atoms with Crippen molar-refractivity contribution in [1.82, 2.24) is 10.3 Å². The molecule has 1 aromatic rings. The minimum Gasteiger partial charge on any atom is -0.387 e. The lowest BCUT2D eigenvalue weighted by Gasteiger charge is -2.14. The van der Waals surface area contributed by atoms with Crippen molar-refractivity contribution in [2.75, 3.05) is 24.4 Å². The first kappa shape index (κ1) is 12.8. The van der Waals surface area contributed by atoms with Crippen LogP contribution in [-0.2, 0) is 0 Å². The van der Waals surface area contributed by atoms with E-state index in [9.17, 15) is 4.79 Å². The number of carbonyl (C=O) groups is 1. The molecule has 88 valence electrons. The molecule has 1 aromatic heterocycles. The Morgan fingerprint density at radius 2 is 2.38 bits per heavy atom. The maximum Gasteiger partial charge on any atom is 0.255 e. The minimum atomic E-state index is -0.0843. The van der Waals surface area contributed by atoms with Gasteiger partial charge in [-0.1, -0.05) is 0 Å². The van der Waals surface area contributed by atoms with Gasteiger partial charge in [-0.25, -0.2) is 0 Å². The first-order valence-electron chi connectivity index (χ1n) is 5.10. The number of pyridine rings is 1. The number of nitrogens with zero attached hydrogens (tertiary/aromatic N) is 1. The molecular weight excluding hydrogens is 222 g/mol. The van der Waals surface area contributed by atoms with Crippen LogP contribution >= 0.6 is 11.8 Å². The van der Waals surface area contributed by atoms with E-state index in [2.05, 4.69) is 15.6 Å². The zero-order valence-electron chi connectivity index (χ0n) is 9.78. The fourth-order valence-electron chi connectivity index (χ4n) is 1.39. The van der Waals surface area contributed by atoms with Gasteiger partial charge in [-0.05, 0) is 19.2 Å². The quantitative estimate of drug-likeness (QED) is 0.819. The van der Waals surface area contributed by atoms with Gasteiger partial charge in [0.2, 0.25) is 0 Å². The molecular formula is C11H17N3OS. The van der Waals surface area contributed by atoms with Crippen LogP contribution in [-0.4, -0.2) is 36.0 Å². The summed E-state index contributed by atoms with van der Waals surface area (Å²) in [5, 5.41) is 5.91. The number of aromatic nitrogens is 1. The van der Waals surface area contributed by atoms with Crippen molar-refractivity contribution in [3.05, 3.63) is 24.0 Å². The molecule has 0 saturated carbocycles. The van der Waals surface area contributed by atoms with Crippen LogP contribution < -0.4 is 10.6 Å². The third-order valence-electron chi connectivity index (χ3n) is 2.13. The van der Waals surface area contributed by atoms with Crippen molar-refractivity contribution in [2.45, 2.75) is 13.0 Å². The van der Waals surface area contributed by atoms with Crippen LogP contribution in [0.2, 0.25) is 0 Å². The van der Waals surface area contributed by atoms with Crippen LogP contribution in [0.1, 0.15) is 17.3 Å². The largest absolute Gasteiger partial charge is 0.387 e. The van der Waals surface area contributed by atoms with Crippen molar-refractivity contribution in [3.8, 4) is 0 Å². The summed E-state index contributed by atoms with van der Waals surface area (Å²) < 4.78 is 0. The molecule has 1 atom stereocenters. The molecule has 5 heteroatoms. The van der Waals surface area contributed by atoms with Crippen molar-refractivity contribution in [3.63, 3.8) is 0 Å². The SMILES string of the molecule is CNc1ccncc1C(=O)NC(C)CSC. The summed E-state index contributed by atoms with van der Waals surface area (Å²) in [6.07, 6.45) is 5.26. The van der Waals surface area contributed by atoms with Gasteiger partial charge < -0.3 is 10.6 Å². The lowest BCUT2D eigenvalue weighted by Crippen LogP contribution is -2.34. The zero-order chi connectivity index (χ0) is 12.0. The molecule has 1 amide bonds. The van der Waals surface area contributed by atoms with Gasteiger partial charge in [0.05, 0.1) is 5.56 Å². The van der Waals surface area contributed by atoms with Crippen LogP contribution in [0.25, 0.3) is 0 Å². The molecule has 0 aliphatic carbocycles. The van der Waals surface area contributed by atoms with E-state index >= 15 is 0 Å². The second-order valence-corrected chi connectivity index (χ2v) is 4.41. The summed E-state index contributed by atoms with van der Waals surface area (Å²) in [5.41, 5.74) is 1.38. The molecule has 0 bridgehead atoms. The molecule has 0 aliphatic rings. The Labute approximate surface area is 100 Å². The zero-order valence-corrected chi connectivity index (χ0v) is 10.6. The molecule has 0 saturated heterocycles. The van der Waals surface area contributed by atoms with E-state index in [1.165, 1.54) is 0 Å². The predicted molar refractivity (Wildman–Crippen MR) is 69.1 cm³/mol. The van der Waals surface area contributed by atoms with Crippen LogP contribution in [0, 0.1) is 0 Å². The van der Waals surface area contributed by atoms with Crippen molar-refractivity contribution in [2.24, 2.45) is 0 Å². The van der Waals surface area contributed by atoms with E-state index < -0.39 is 0 Å². The fraction of sp³-hybridized carbons (Fsp3) is 0.455. The lowest BCUT2D eigenvalue weighted by molar-refractivity contribution is 0.0944. The van der Waals surface area contributed by atoms with Crippen LogP contribution in [0.5, 0.6) is 0 Å². The van der Waals surface area contributed by atoms with Gasteiger partial charge in [-0.2, -0.15) is 11.8 Å². The van der Waals surface area contributed by atoms with E-state index in [4.69, 9.17) is 0 Å².